The van der Waals surface area contributed by atoms with Crippen molar-refractivity contribution in [1.82, 2.24) is 10.2 Å². The second kappa shape index (κ2) is 8.00. The molecule has 1 amide bonds. The molecule has 28 heavy (non-hydrogen) atoms. The highest BCUT2D eigenvalue weighted by molar-refractivity contribution is 5.91. The average molecular weight is 382 g/mol. The van der Waals surface area contributed by atoms with Gasteiger partial charge in [-0.05, 0) is 82.5 Å². The molecule has 2 aliphatic heterocycles. The van der Waals surface area contributed by atoms with Crippen molar-refractivity contribution < 1.29 is 4.79 Å². The Morgan fingerprint density at radius 3 is 2.50 bits per heavy atom. The zero-order valence-electron chi connectivity index (χ0n) is 17.5. The van der Waals surface area contributed by atoms with Crippen LogP contribution in [0.2, 0.25) is 0 Å². The molecular weight excluding hydrogens is 346 g/mol. The summed E-state index contributed by atoms with van der Waals surface area (Å²) < 4.78 is 0. The fraction of sp³-hybridized carbons (Fsp3) is 0.625. The number of nitrogens with one attached hydrogen (secondary N) is 1. The number of fused-ring (bicyclic) bond motifs is 2. The van der Waals surface area contributed by atoms with E-state index < -0.39 is 0 Å². The third kappa shape index (κ3) is 3.21. The molecule has 3 aliphatic rings. The Morgan fingerprint density at radius 2 is 1.86 bits per heavy atom. The van der Waals surface area contributed by atoms with Crippen LogP contribution in [0.15, 0.2) is 35.4 Å². The fourth-order valence-corrected chi connectivity index (χ4v) is 5.90. The zero-order valence-corrected chi connectivity index (χ0v) is 17.5. The molecule has 2 heterocycles. The molecule has 0 aromatic heterocycles. The smallest absolute Gasteiger partial charge is 0.233 e. The van der Waals surface area contributed by atoms with Gasteiger partial charge in [0.05, 0.1) is 11.5 Å². The van der Waals surface area contributed by atoms with Crippen molar-refractivity contribution in [2.75, 3.05) is 26.2 Å². The van der Waals surface area contributed by atoms with E-state index in [0.29, 0.717) is 24.9 Å². The molecule has 152 valence electrons. The van der Waals surface area contributed by atoms with E-state index in [0.717, 1.165) is 25.9 Å². The van der Waals surface area contributed by atoms with Crippen LogP contribution in [-0.4, -0.2) is 37.0 Å². The molecular formula is C24H35N3O. The Kier molecular flexibility index (Phi) is 5.62. The first-order valence-electron chi connectivity index (χ1n) is 11.0. The summed E-state index contributed by atoms with van der Waals surface area (Å²) in [5.41, 5.74) is 11.4. The highest BCUT2D eigenvalue weighted by atomic mass is 16.2. The summed E-state index contributed by atoms with van der Waals surface area (Å²) in [5, 5.41) is 3.44. The monoisotopic (exact) mass is 381 g/mol. The van der Waals surface area contributed by atoms with Crippen molar-refractivity contribution in [3.8, 4) is 0 Å². The number of rotatable bonds is 3. The van der Waals surface area contributed by atoms with Gasteiger partial charge >= 0.3 is 0 Å². The summed E-state index contributed by atoms with van der Waals surface area (Å²) in [5.74, 6) is 0.856. The van der Waals surface area contributed by atoms with Crippen molar-refractivity contribution >= 4 is 5.91 Å². The lowest BCUT2D eigenvalue weighted by Gasteiger charge is -2.51. The molecule has 1 aliphatic carbocycles. The minimum absolute atomic E-state index is 0.187. The van der Waals surface area contributed by atoms with Gasteiger partial charge in [-0.2, -0.15) is 0 Å². The van der Waals surface area contributed by atoms with Gasteiger partial charge in [0.2, 0.25) is 5.91 Å². The second-order valence-electron chi connectivity index (χ2n) is 9.09. The van der Waals surface area contributed by atoms with Crippen molar-refractivity contribution in [2.45, 2.75) is 63.8 Å². The van der Waals surface area contributed by atoms with Gasteiger partial charge in [0, 0.05) is 13.1 Å². The number of piperidine rings is 1. The maximum Gasteiger partial charge on any atom is 0.233 e. The highest BCUT2D eigenvalue weighted by Crippen LogP contribution is 2.50. The Balaban J connectivity index is 1.75. The van der Waals surface area contributed by atoms with E-state index in [1.165, 1.54) is 42.4 Å². The van der Waals surface area contributed by atoms with Crippen LogP contribution in [0.5, 0.6) is 0 Å². The minimum atomic E-state index is -0.354. The number of hydrogen-bond donors (Lipinski definition) is 2. The first-order chi connectivity index (χ1) is 13.6. The van der Waals surface area contributed by atoms with Gasteiger partial charge in [-0.1, -0.05) is 35.4 Å². The Hall–Kier alpha value is -1.65. The Bertz CT molecular complexity index is 749. The van der Waals surface area contributed by atoms with Crippen molar-refractivity contribution in [3.05, 3.63) is 46.5 Å². The van der Waals surface area contributed by atoms with Crippen LogP contribution in [0.1, 0.15) is 69.5 Å². The topological polar surface area (TPSA) is 58.4 Å². The van der Waals surface area contributed by atoms with Crippen LogP contribution in [0.25, 0.3) is 0 Å². The maximum atomic E-state index is 13.9. The van der Waals surface area contributed by atoms with E-state index in [4.69, 9.17) is 5.73 Å². The molecule has 0 bridgehead atoms. The lowest BCUT2D eigenvalue weighted by molar-refractivity contribution is -0.144. The molecule has 0 radical (unpaired) electrons. The molecule has 2 fully saturated rings. The van der Waals surface area contributed by atoms with E-state index in [1.807, 2.05) is 0 Å². The van der Waals surface area contributed by atoms with Gasteiger partial charge in [-0.3, -0.25) is 4.79 Å². The van der Waals surface area contributed by atoms with E-state index in [2.05, 4.69) is 48.3 Å². The summed E-state index contributed by atoms with van der Waals surface area (Å²) in [4.78, 5) is 16.1. The number of allylic oxidation sites excluding steroid dienone is 2. The molecule has 4 rings (SSSR count). The predicted octanol–water partition coefficient (Wildman–Crippen LogP) is 3.68. The van der Waals surface area contributed by atoms with E-state index in [1.54, 1.807) is 5.57 Å². The number of amides is 1. The largest absolute Gasteiger partial charge is 0.333 e. The third-order valence-electron chi connectivity index (χ3n) is 7.42. The molecule has 4 nitrogen and oxygen atoms in total. The lowest BCUT2D eigenvalue weighted by atomic mass is 9.64. The molecule has 4 heteroatoms. The predicted molar refractivity (Wildman–Crippen MR) is 114 cm³/mol. The lowest BCUT2D eigenvalue weighted by Crippen LogP contribution is -2.58. The zero-order chi connectivity index (χ0) is 19.7. The van der Waals surface area contributed by atoms with Gasteiger partial charge in [0.15, 0.2) is 0 Å². The van der Waals surface area contributed by atoms with Crippen molar-refractivity contribution in [1.29, 1.82) is 0 Å². The molecule has 1 saturated carbocycles. The van der Waals surface area contributed by atoms with E-state index in [-0.39, 0.29) is 11.5 Å². The Morgan fingerprint density at radius 1 is 1.18 bits per heavy atom. The van der Waals surface area contributed by atoms with Crippen LogP contribution in [-0.2, 0) is 10.2 Å². The van der Waals surface area contributed by atoms with Gasteiger partial charge in [0.25, 0.3) is 0 Å². The average Bonchev–Trinajstić information content (AvgIpc) is 2.73. The number of carbonyl (C=O) groups is 1. The molecule has 1 saturated heterocycles. The van der Waals surface area contributed by atoms with Crippen LogP contribution in [0.4, 0.5) is 0 Å². The number of carbonyl (C=O) groups excluding carboxylic acids is 1. The first-order valence-corrected chi connectivity index (χ1v) is 11.0. The van der Waals surface area contributed by atoms with Crippen LogP contribution >= 0.6 is 0 Å². The second-order valence-corrected chi connectivity index (χ2v) is 9.09. The van der Waals surface area contributed by atoms with Gasteiger partial charge < -0.3 is 16.0 Å². The molecule has 1 aromatic rings. The van der Waals surface area contributed by atoms with E-state index >= 15 is 0 Å². The molecule has 1 aromatic carbocycles. The van der Waals surface area contributed by atoms with Crippen LogP contribution < -0.4 is 11.1 Å². The normalized spacial score (nSPS) is 27.0. The molecule has 1 atom stereocenters. The highest BCUT2D eigenvalue weighted by Gasteiger charge is 2.52. The number of nitrogens with zero attached hydrogens (tertiary/aromatic N) is 1. The van der Waals surface area contributed by atoms with Crippen molar-refractivity contribution in [3.63, 3.8) is 0 Å². The fourth-order valence-electron chi connectivity index (χ4n) is 5.90. The van der Waals surface area contributed by atoms with Crippen LogP contribution in [0.3, 0.4) is 0 Å². The van der Waals surface area contributed by atoms with E-state index in [9.17, 15) is 4.79 Å². The number of benzene rings is 1. The summed E-state index contributed by atoms with van der Waals surface area (Å²) >= 11 is 0. The summed E-state index contributed by atoms with van der Waals surface area (Å²) in [6.07, 6.45) is 6.47. The minimum Gasteiger partial charge on any atom is -0.333 e. The SMILES string of the molecule is CC(C)=C1CCC(C2c3ccccc3C3(CCNCC3)C(=O)N2CCN)CC1. The number of nitrogens with two attached hydrogens (primary N) is 1. The van der Waals surface area contributed by atoms with Crippen molar-refractivity contribution in [2.24, 2.45) is 11.7 Å². The quantitative estimate of drug-likeness (QED) is 0.786. The van der Waals surface area contributed by atoms with Gasteiger partial charge in [-0.15, -0.1) is 0 Å². The van der Waals surface area contributed by atoms with Gasteiger partial charge in [0.1, 0.15) is 0 Å². The summed E-state index contributed by atoms with van der Waals surface area (Å²) in [7, 11) is 0. The maximum absolute atomic E-state index is 13.9. The standard InChI is InChI=1S/C24H35N3O/c1-17(2)18-7-9-19(10-8-18)22-20-5-3-4-6-21(20)24(11-14-26-15-12-24)23(28)27(22)16-13-25/h3-6,19,22,26H,7-16,25H2,1-2H3. The summed E-state index contributed by atoms with van der Waals surface area (Å²) in [6, 6.07) is 8.98. The first kappa shape index (κ1) is 19.7. The molecule has 1 unspecified atom stereocenters. The molecule has 1 spiro atoms. The third-order valence-corrected chi connectivity index (χ3v) is 7.42. The number of hydrogen-bond acceptors (Lipinski definition) is 3. The van der Waals surface area contributed by atoms with Crippen LogP contribution in [0, 0.1) is 5.92 Å². The Labute approximate surface area is 169 Å². The van der Waals surface area contributed by atoms with Gasteiger partial charge in [-0.25, -0.2) is 0 Å². The molecule has 3 N–H and O–H groups in total. The summed E-state index contributed by atoms with van der Waals surface area (Å²) in [6.45, 7) is 7.49.